The molecule has 2 aliphatic rings. The van der Waals surface area contributed by atoms with Gasteiger partial charge in [-0.25, -0.2) is 4.98 Å². The Bertz CT molecular complexity index is 1280. The number of nitrogens with two attached hydrogens (primary N) is 2. The number of fused-ring (bicyclic) bond motifs is 1. The number of nitrogens with zero attached hydrogens (tertiary/aromatic N) is 3. The first-order chi connectivity index (χ1) is 19.8. The molecule has 1 aliphatic heterocycles. The number of nitrogens with one attached hydrogen (secondary N) is 1. The summed E-state index contributed by atoms with van der Waals surface area (Å²) in [6.45, 7) is 13.4. The van der Waals surface area contributed by atoms with Crippen molar-refractivity contribution >= 4 is 51.7 Å². The molecule has 0 saturated heterocycles. The lowest BCUT2D eigenvalue weighted by atomic mass is 9.88. The van der Waals surface area contributed by atoms with Gasteiger partial charge in [0.05, 0.1) is 17.1 Å². The van der Waals surface area contributed by atoms with Crippen molar-refractivity contribution in [3.8, 4) is 0 Å². The molecule has 1 fully saturated rings. The van der Waals surface area contributed by atoms with Gasteiger partial charge in [0.2, 0.25) is 5.91 Å². The lowest BCUT2D eigenvalue weighted by Crippen LogP contribution is -2.30. The average Bonchev–Trinajstić information content (AvgIpc) is 3.38. The van der Waals surface area contributed by atoms with E-state index in [2.05, 4.69) is 48.4 Å². The SMILES string of the molecule is C=C(N)c1nc2c(s1)CN(C)CC2.C=C(Nc1ccc(Cl)cc1/C(C)=C/CC)C(N)=O.CN(C)C(=O)C1CCCCC1. The van der Waals surface area contributed by atoms with Gasteiger partial charge in [-0.05, 0) is 57.0 Å². The molecule has 1 aliphatic carbocycles. The fraction of sp³-hybridized carbons (Fsp3) is 0.469. The molecule has 1 saturated carbocycles. The van der Waals surface area contributed by atoms with Crippen LogP contribution in [0.3, 0.4) is 0 Å². The number of carbonyl (C=O) groups is 2. The second kappa shape index (κ2) is 17.1. The molecule has 0 bridgehead atoms. The molecule has 42 heavy (non-hydrogen) atoms. The number of aromatic nitrogens is 1. The number of allylic oxidation sites excluding steroid dienone is 2. The van der Waals surface area contributed by atoms with Gasteiger partial charge in [0.25, 0.3) is 5.91 Å². The first kappa shape index (κ1) is 35.1. The number of primary amides is 1. The monoisotopic (exact) mass is 614 g/mol. The van der Waals surface area contributed by atoms with E-state index < -0.39 is 5.91 Å². The van der Waals surface area contributed by atoms with E-state index >= 15 is 0 Å². The van der Waals surface area contributed by atoms with Crippen LogP contribution in [0.15, 0.2) is 43.1 Å². The number of thiazole rings is 1. The summed E-state index contributed by atoms with van der Waals surface area (Å²) in [5, 5.41) is 4.44. The summed E-state index contributed by atoms with van der Waals surface area (Å²) in [4.78, 5) is 32.2. The minimum absolute atomic E-state index is 0.155. The fourth-order valence-electron chi connectivity index (χ4n) is 4.77. The molecular formula is C32H47ClN6O2S. The predicted molar refractivity (Wildman–Crippen MR) is 178 cm³/mol. The molecule has 0 radical (unpaired) electrons. The molecule has 2 heterocycles. The van der Waals surface area contributed by atoms with Gasteiger partial charge in [-0.1, -0.05) is 57.0 Å². The molecule has 0 unspecified atom stereocenters. The number of amides is 2. The minimum atomic E-state index is -0.576. The Balaban J connectivity index is 0.000000228. The molecule has 0 atom stereocenters. The van der Waals surface area contributed by atoms with Crippen molar-refractivity contribution < 1.29 is 9.59 Å². The summed E-state index contributed by atoms with van der Waals surface area (Å²) in [7, 11) is 5.81. The normalized spacial score (nSPS) is 15.2. The van der Waals surface area contributed by atoms with Gasteiger partial charge in [0.15, 0.2) is 0 Å². The summed E-state index contributed by atoms with van der Waals surface area (Å²) in [5.41, 5.74) is 15.5. The predicted octanol–water partition coefficient (Wildman–Crippen LogP) is 6.28. The topological polar surface area (TPSA) is 118 Å². The maximum Gasteiger partial charge on any atom is 0.264 e. The highest BCUT2D eigenvalue weighted by Gasteiger charge is 2.22. The van der Waals surface area contributed by atoms with Gasteiger partial charge >= 0.3 is 0 Å². The third-order valence-electron chi connectivity index (χ3n) is 7.09. The third-order valence-corrected chi connectivity index (χ3v) is 8.48. The van der Waals surface area contributed by atoms with Gasteiger partial charge in [-0.2, -0.15) is 0 Å². The lowest BCUT2D eigenvalue weighted by molar-refractivity contribution is -0.133. The number of carbonyl (C=O) groups excluding carboxylic acids is 2. The van der Waals surface area contributed by atoms with Crippen molar-refractivity contribution in [3.05, 3.63) is 69.3 Å². The summed E-state index contributed by atoms with van der Waals surface area (Å²) in [6.07, 6.45) is 10.1. The molecule has 1 aromatic carbocycles. The number of benzene rings is 1. The van der Waals surface area contributed by atoms with E-state index in [4.69, 9.17) is 23.1 Å². The van der Waals surface area contributed by atoms with Crippen LogP contribution in [0.25, 0.3) is 11.3 Å². The van der Waals surface area contributed by atoms with E-state index in [-0.39, 0.29) is 5.70 Å². The van der Waals surface area contributed by atoms with E-state index in [0.717, 1.165) is 60.6 Å². The quantitative estimate of drug-likeness (QED) is 0.316. The molecule has 4 rings (SSSR count). The van der Waals surface area contributed by atoms with Crippen molar-refractivity contribution in [1.82, 2.24) is 14.8 Å². The van der Waals surface area contributed by atoms with E-state index in [1.165, 1.54) is 29.8 Å². The third kappa shape index (κ3) is 10.9. The van der Waals surface area contributed by atoms with Crippen LogP contribution >= 0.6 is 22.9 Å². The van der Waals surface area contributed by atoms with Crippen LogP contribution in [0, 0.1) is 5.92 Å². The summed E-state index contributed by atoms with van der Waals surface area (Å²) in [5.74, 6) is 0.0801. The Labute approximate surface area is 260 Å². The minimum Gasteiger partial charge on any atom is -0.397 e. The van der Waals surface area contributed by atoms with E-state index in [1.54, 1.807) is 28.4 Å². The molecule has 1 aromatic heterocycles. The van der Waals surface area contributed by atoms with Crippen LogP contribution in [-0.4, -0.2) is 54.3 Å². The van der Waals surface area contributed by atoms with Crippen molar-refractivity contribution in [3.63, 3.8) is 0 Å². The highest BCUT2D eigenvalue weighted by atomic mass is 35.5. The van der Waals surface area contributed by atoms with Gasteiger partial charge in [0, 0.05) is 60.7 Å². The summed E-state index contributed by atoms with van der Waals surface area (Å²) < 4.78 is 0. The van der Waals surface area contributed by atoms with E-state index in [1.807, 2.05) is 27.1 Å². The standard InChI is InChI=1S/C14H17ClN2O.C9H13N3S.C9H17NO/c1-4-5-9(2)12-8-11(15)6-7-13(12)17-10(3)14(16)18;1-6(10)9-11-7-3-4-12(2)5-8(7)13-9;1-10(2)9(11)8-6-4-3-5-7-8/h5-8,17H,3-4H2,1-2H3,(H2,16,18);1,3-5,10H2,2H3;8H,3-7H2,1-2H3/b9-5+;;. The van der Waals surface area contributed by atoms with Crippen molar-refractivity contribution in [1.29, 1.82) is 0 Å². The van der Waals surface area contributed by atoms with Crippen molar-refractivity contribution in [2.75, 3.05) is 33.0 Å². The molecule has 5 N–H and O–H groups in total. The van der Waals surface area contributed by atoms with Crippen LogP contribution in [0.2, 0.25) is 5.02 Å². The van der Waals surface area contributed by atoms with Crippen molar-refractivity contribution in [2.45, 2.75) is 65.3 Å². The number of rotatable bonds is 7. The van der Waals surface area contributed by atoms with Gasteiger partial charge in [-0.15, -0.1) is 11.3 Å². The largest absolute Gasteiger partial charge is 0.397 e. The highest BCUT2D eigenvalue weighted by Crippen LogP contribution is 2.29. The summed E-state index contributed by atoms with van der Waals surface area (Å²) in [6, 6.07) is 5.40. The van der Waals surface area contributed by atoms with Gasteiger partial charge in [-0.3, -0.25) is 9.59 Å². The first-order valence-electron chi connectivity index (χ1n) is 14.4. The van der Waals surface area contributed by atoms with Gasteiger partial charge < -0.3 is 26.6 Å². The number of hydrogen-bond donors (Lipinski definition) is 3. The highest BCUT2D eigenvalue weighted by molar-refractivity contribution is 7.12. The average molecular weight is 615 g/mol. The second-order valence-corrected chi connectivity index (χ2v) is 12.4. The maximum absolute atomic E-state index is 11.4. The first-order valence-corrected chi connectivity index (χ1v) is 15.6. The number of hydrogen-bond acceptors (Lipinski definition) is 7. The van der Waals surface area contributed by atoms with E-state index in [9.17, 15) is 9.59 Å². The van der Waals surface area contributed by atoms with Crippen molar-refractivity contribution in [2.24, 2.45) is 17.4 Å². The Morgan fingerprint density at radius 3 is 2.45 bits per heavy atom. The lowest BCUT2D eigenvalue weighted by Gasteiger charge is -2.23. The second-order valence-electron chi connectivity index (χ2n) is 10.9. The molecule has 2 amide bonds. The van der Waals surface area contributed by atoms with E-state index in [0.29, 0.717) is 22.5 Å². The number of anilines is 1. The zero-order chi connectivity index (χ0) is 31.4. The van der Waals surface area contributed by atoms with Crippen LogP contribution in [0.5, 0.6) is 0 Å². The van der Waals surface area contributed by atoms with Gasteiger partial charge in [0.1, 0.15) is 5.01 Å². The Morgan fingerprint density at radius 2 is 1.88 bits per heavy atom. The molecule has 230 valence electrons. The molecule has 0 spiro atoms. The number of halogens is 1. The Hall–Kier alpha value is -3.14. The smallest absolute Gasteiger partial charge is 0.264 e. The summed E-state index contributed by atoms with van der Waals surface area (Å²) >= 11 is 7.66. The Kier molecular flexibility index (Phi) is 14.3. The van der Waals surface area contributed by atoms with Crippen LogP contribution in [0.1, 0.15) is 73.5 Å². The zero-order valence-electron chi connectivity index (χ0n) is 25.8. The zero-order valence-corrected chi connectivity index (χ0v) is 27.3. The molecular weight excluding hydrogens is 568 g/mol. The van der Waals surface area contributed by atoms with Crippen LogP contribution in [0.4, 0.5) is 5.69 Å². The maximum atomic E-state index is 11.4. The van der Waals surface area contributed by atoms with Crippen LogP contribution in [-0.2, 0) is 22.6 Å². The number of likely N-dealkylation sites (N-methyl/N-ethyl adjacent to an activating group) is 1. The molecule has 8 nitrogen and oxygen atoms in total. The molecule has 10 heteroatoms. The van der Waals surface area contributed by atoms with Crippen LogP contribution < -0.4 is 16.8 Å². The fourth-order valence-corrected chi connectivity index (χ4v) is 6.01. The Morgan fingerprint density at radius 1 is 1.21 bits per heavy atom. The molecule has 2 aromatic rings.